The molecular weight excluding hydrogens is 215 g/mol. The minimum absolute atomic E-state index is 0.223. The summed E-state index contributed by atoms with van der Waals surface area (Å²) in [6.07, 6.45) is 3.46. The summed E-state index contributed by atoms with van der Waals surface area (Å²) in [7, 11) is 0. The van der Waals surface area contributed by atoms with Gasteiger partial charge in [0, 0.05) is 12.4 Å². The van der Waals surface area contributed by atoms with E-state index in [-0.39, 0.29) is 11.9 Å². The molecule has 0 spiro atoms. The summed E-state index contributed by atoms with van der Waals surface area (Å²) in [6.45, 7) is 3.71. The third kappa shape index (κ3) is 2.34. The van der Waals surface area contributed by atoms with Gasteiger partial charge in [0.1, 0.15) is 5.82 Å². The van der Waals surface area contributed by atoms with Crippen molar-refractivity contribution in [2.24, 2.45) is 5.73 Å². The van der Waals surface area contributed by atoms with E-state index in [0.717, 1.165) is 16.7 Å². The van der Waals surface area contributed by atoms with Crippen LogP contribution in [0, 0.1) is 19.7 Å². The van der Waals surface area contributed by atoms with Crippen LogP contribution in [0.25, 0.3) is 0 Å². The topological polar surface area (TPSA) is 38.9 Å². The number of benzene rings is 1. The van der Waals surface area contributed by atoms with Gasteiger partial charge in [-0.1, -0.05) is 12.1 Å². The Morgan fingerprint density at radius 1 is 1.18 bits per heavy atom. The van der Waals surface area contributed by atoms with Crippen LogP contribution in [0.2, 0.25) is 0 Å². The summed E-state index contributed by atoms with van der Waals surface area (Å²) in [5.41, 5.74) is 9.52. The monoisotopic (exact) mass is 230 g/mol. The highest BCUT2D eigenvalue weighted by atomic mass is 19.1. The van der Waals surface area contributed by atoms with Crippen LogP contribution in [-0.4, -0.2) is 4.98 Å². The molecule has 2 aromatic rings. The molecule has 1 unspecified atom stereocenters. The highest BCUT2D eigenvalue weighted by Crippen LogP contribution is 2.23. The van der Waals surface area contributed by atoms with Crippen molar-refractivity contribution in [2.45, 2.75) is 19.9 Å². The lowest BCUT2D eigenvalue weighted by Crippen LogP contribution is -2.14. The van der Waals surface area contributed by atoms with Crippen molar-refractivity contribution in [1.29, 1.82) is 0 Å². The second-order valence-electron chi connectivity index (χ2n) is 4.22. The van der Waals surface area contributed by atoms with Crippen LogP contribution in [0.5, 0.6) is 0 Å². The molecule has 0 bridgehead atoms. The van der Waals surface area contributed by atoms with Gasteiger partial charge in [0.2, 0.25) is 0 Å². The van der Waals surface area contributed by atoms with Crippen molar-refractivity contribution < 1.29 is 4.39 Å². The first-order chi connectivity index (χ1) is 8.09. The molecule has 1 heterocycles. The summed E-state index contributed by atoms with van der Waals surface area (Å²) >= 11 is 0. The zero-order valence-electron chi connectivity index (χ0n) is 9.94. The van der Waals surface area contributed by atoms with Crippen LogP contribution in [0.15, 0.2) is 36.7 Å². The van der Waals surface area contributed by atoms with Gasteiger partial charge >= 0.3 is 0 Å². The molecule has 0 aliphatic carbocycles. The van der Waals surface area contributed by atoms with E-state index in [1.807, 2.05) is 19.1 Å². The Balaban J connectivity index is 2.40. The Morgan fingerprint density at radius 3 is 2.59 bits per heavy atom. The van der Waals surface area contributed by atoms with Crippen molar-refractivity contribution in [3.05, 3.63) is 64.7 Å². The Kier molecular flexibility index (Phi) is 3.20. The SMILES string of the molecule is Cc1ccc(C(N)c2cnccc2C)cc1F. The molecule has 0 saturated carbocycles. The summed E-state index contributed by atoms with van der Waals surface area (Å²) in [6, 6.07) is 6.66. The Morgan fingerprint density at radius 2 is 1.94 bits per heavy atom. The number of hydrogen-bond acceptors (Lipinski definition) is 2. The van der Waals surface area contributed by atoms with Crippen LogP contribution in [-0.2, 0) is 0 Å². The molecule has 1 atom stereocenters. The lowest BCUT2D eigenvalue weighted by molar-refractivity contribution is 0.614. The van der Waals surface area contributed by atoms with Crippen molar-refractivity contribution in [2.75, 3.05) is 0 Å². The molecular formula is C14H15FN2. The molecule has 1 aromatic heterocycles. The standard InChI is InChI=1S/C14H15FN2/c1-9-5-6-17-8-12(9)14(16)11-4-3-10(2)13(15)7-11/h3-8,14H,16H2,1-2H3. The molecule has 2 rings (SSSR count). The maximum absolute atomic E-state index is 13.5. The normalized spacial score (nSPS) is 12.5. The number of aryl methyl sites for hydroxylation is 2. The predicted octanol–water partition coefficient (Wildman–Crippen LogP) is 2.89. The first kappa shape index (κ1) is 11.7. The number of nitrogens with two attached hydrogens (primary N) is 1. The number of nitrogens with zero attached hydrogens (tertiary/aromatic N) is 1. The van der Waals surface area contributed by atoms with Gasteiger partial charge in [-0.15, -0.1) is 0 Å². The van der Waals surface area contributed by atoms with E-state index in [1.54, 1.807) is 25.4 Å². The molecule has 1 aromatic carbocycles. The maximum Gasteiger partial charge on any atom is 0.126 e. The molecule has 0 radical (unpaired) electrons. The van der Waals surface area contributed by atoms with Gasteiger partial charge in [-0.3, -0.25) is 4.98 Å². The number of aromatic nitrogens is 1. The third-order valence-corrected chi connectivity index (χ3v) is 2.97. The third-order valence-electron chi connectivity index (χ3n) is 2.97. The minimum Gasteiger partial charge on any atom is -0.320 e. The van der Waals surface area contributed by atoms with Crippen molar-refractivity contribution in [1.82, 2.24) is 4.98 Å². The van der Waals surface area contributed by atoms with Crippen molar-refractivity contribution in [3.63, 3.8) is 0 Å². The number of halogens is 1. The Bertz CT molecular complexity index is 537. The van der Waals surface area contributed by atoms with Crippen molar-refractivity contribution >= 4 is 0 Å². The fourth-order valence-electron chi connectivity index (χ4n) is 1.78. The average molecular weight is 230 g/mol. The van der Waals surface area contributed by atoms with Gasteiger partial charge in [-0.25, -0.2) is 4.39 Å². The van der Waals surface area contributed by atoms with Crippen LogP contribution >= 0.6 is 0 Å². The van der Waals surface area contributed by atoms with Crippen LogP contribution < -0.4 is 5.73 Å². The fourth-order valence-corrected chi connectivity index (χ4v) is 1.78. The van der Waals surface area contributed by atoms with E-state index in [9.17, 15) is 4.39 Å². The van der Waals surface area contributed by atoms with E-state index < -0.39 is 0 Å². The lowest BCUT2D eigenvalue weighted by Gasteiger charge is -2.15. The van der Waals surface area contributed by atoms with Crippen LogP contribution in [0.4, 0.5) is 4.39 Å². The predicted molar refractivity (Wildman–Crippen MR) is 66.1 cm³/mol. The molecule has 0 saturated heterocycles. The Hall–Kier alpha value is -1.74. The second kappa shape index (κ2) is 4.63. The zero-order chi connectivity index (χ0) is 12.4. The molecule has 2 N–H and O–H groups in total. The van der Waals surface area contributed by atoms with E-state index >= 15 is 0 Å². The molecule has 17 heavy (non-hydrogen) atoms. The summed E-state index contributed by atoms with van der Waals surface area (Å²) < 4.78 is 13.5. The second-order valence-corrected chi connectivity index (χ2v) is 4.22. The maximum atomic E-state index is 13.5. The molecule has 2 nitrogen and oxygen atoms in total. The molecule has 0 aliphatic heterocycles. The van der Waals surface area contributed by atoms with Gasteiger partial charge in [0.15, 0.2) is 0 Å². The molecule has 0 aliphatic rings. The number of hydrogen-bond donors (Lipinski definition) is 1. The molecule has 0 fully saturated rings. The van der Waals surface area contributed by atoms with E-state index in [1.165, 1.54) is 6.07 Å². The van der Waals surface area contributed by atoms with Gasteiger partial charge < -0.3 is 5.73 Å². The first-order valence-corrected chi connectivity index (χ1v) is 5.51. The lowest BCUT2D eigenvalue weighted by atomic mass is 9.97. The first-order valence-electron chi connectivity index (χ1n) is 5.51. The van der Waals surface area contributed by atoms with E-state index in [2.05, 4.69) is 4.98 Å². The van der Waals surface area contributed by atoms with E-state index in [4.69, 9.17) is 5.73 Å². The van der Waals surface area contributed by atoms with Crippen LogP contribution in [0.3, 0.4) is 0 Å². The van der Waals surface area contributed by atoms with Gasteiger partial charge in [0.25, 0.3) is 0 Å². The van der Waals surface area contributed by atoms with E-state index in [0.29, 0.717) is 5.56 Å². The highest BCUT2D eigenvalue weighted by molar-refractivity contribution is 5.35. The smallest absolute Gasteiger partial charge is 0.126 e. The summed E-state index contributed by atoms with van der Waals surface area (Å²) in [5.74, 6) is -0.223. The summed E-state index contributed by atoms with van der Waals surface area (Å²) in [5, 5.41) is 0. The number of rotatable bonds is 2. The van der Waals surface area contributed by atoms with Gasteiger partial charge in [-0.05, 0) is 48.2 Å². The van der Waals surface area contributed by atoms with Crippen molar-refractivity contribution in [3.8, 4) is 0 Å². The molecule has 88 valence electrons. The fraction of sp³-hybridized carbons (Fsp3) is 0.214. The van der Waals surface area contributed by atoms with Gasteiger partial charge in [0.05, 0.1) is 6.04 Å². The largest absolute Gasteiger partial charge is 0.320 e. The quantitative estimate of drug-likeness (QED) is 0.861. The Labute approximate surface area is 100 Å². The summed E-state index contributed by atoms with van der Waals surface area (Å²) in [4.78, 5) is 4.06. The van der Waals surface area contributed by atoms with Gasteiger partial charge in [-0.2, -0.15) is 0 Å². The molecule has 0 amide bonds. The molecule has 3 heteroatoms. The number of pyridine rings is 1. The highest BCUT2D eigenvalue weighted by Gasteiger charge is 2.12. The zero-order valence-corrected chi connectivity index (χ0v) is 9.94. The minimum atomic E-state index is -0.334. The van der Waals surface area contributed by atoms with Crippen LogP contribution in [0.1, 0.15) is 28.3 Å². The average Bonchev–Trinajstić information content (AvgIpc) is 2.32.